The summed E-state index contributed by atoms with van der Waals surface area (Å²) in [6.07, 6.45) is 0. The number of hydrogen-bond acceptors (Lipinski definition) is 4. The maximum absolute atomic E-state index is 12.9. The highest BCUT2D eigenvalue weighted by molar-refractivity contribution is 6.30. The molecule has 0 fully saturated rings. The van der Waals surface area contributed by atoms with Crippen molar-refractivity contribution in [2.75, 3.05) is 25.0 Å². The SMILES string of the molecule is CN1CCN(C(=O)c2ccc([N+](=O)[O-])cc2)c2ccc(Cl)cc2C1. The standard InChI is InChI=1S/C17H16ClN3O3/c1-19-8-9-20(16-7-4-14(18)10-13(16)11-19)17(22)12-2-5-15(6-3-12)21(23)24/h2-7,10H,8-9,11H2,1H3. The van der Waals surface area contributed by atoms with E-state index in [1.54, 1.807) is 11.0 Å². The summed E-state index contributed by atoms with van der Waals surface area (Å²) in [5.41, 5.74) is 2.20. The second-order valence-electron chi connectivity index (χ2n) is 5.77. The molecule has 2 aromatic rings. The second kappa shape index (κ2) is 6.59. The van der Waals surface area contributed by atoms with Gasteiger partial charge in [-0.15, -0.1) is 0 Å². The summed E-state index contributed by atoms with van der Waals surface area (Å²) in [6, 6.07) is 11.2. The number of nitro groups is 1. The van der Waals surface area contributed by atoms with E-state index in [4.69, 9.17) is 11.6 Å². The first-order chi connectivity index (χ1) is 11.5. The van der Waals surface area contributed by atoms with E-state index in [1.165, 1.54) is 24.3 Å². The van der Waals surface area contributed by atoms with Crippen LogP contribution in [0.5, 0.6) is 0 Å². The lowest BCUT2D eigenvalue weighted by Crippen LogP contribution is -2.35. The molecule has 0 saturated carbocycles. The van der Waals surface area contributed by atoms with Crippen molar-refractivity contribution in [3.05, 3.63) is 68.7 Å². The molecule has 124 valence electrons. The number of hydrogen-bond donors (Lipinski definition) is 0. The highest BCUT2D eigenvalue weighted by Gasteiger charge is 2.24. The van der Waals surface area contributed by atoms with Gasteiger partial charge in [-0.3, -0.25) is 14.9 Å². The molecule has 1 aliphatic rings. The molecule has 1 heterocycles. The number of nitrogens with zero attached hydrogens (tertiary/aromatic N) is 3. The zero-order valence-electron chi connectivity index (χ0n) is 13.1. The molecule has 0 atom stereocenters. The number of non-ortho nitro benzene ring substituents is 1. The molecule has 0 aliphatic carbocycles. The van der Waals surface area contributed by atoms with Gasteiger partial charge in [0.2, 0.25) is 0 Å². The number of fused-ring (bicyclic) bond motifs is 1. The second-order valence-corrected chi connectivity index (χ2v) is 6.21. The van der Waals surface area contributed by atoms with E-state index in [-0.39, 0.29) is 11.6 Å². The predicted molar refractivity (Wildman–Crippen MR) is 92.6 cm³/mol. The van der Waals surface area contributed by atoms with Gasteiger partial charge in [0, 0.05) is 48.0 Å². The van der Waals surface area contributed by atoms with Gasteiger partial charge in [-0.1, -0.05) is 11.6 Å². The monoisotopic (exact) mass is 345 g/mol. The Kier molecular flexibility index (Phi) is 4.51. The predicted octanol–water partition coefficient (Wildman–Crippen LogP) is 3.34. The summed E-state index contributed by atoms with van der Waals surface area (Å²) < 4.78 is 0. The van der Waals surface area contributed by atoms with Crippen LogP contribution in [-0.2, 0) is 6.54 Å². The quantitative estimate of drug-likeness (QED) is 0.618. The van der Waals surface area contributed by atoms with E-state index in [0.29, 0.717) is 23.7 Å². The van der Waals surface area contributed by atoms with Crippen LogP contribution in [0.15, 0.2) is 42.5 Å². The molecule has 6 nitrogen and oxygen atoms in total. The molecule has 24 heavy (non-hydrogen) atoms. The first-order valence-corrected chi connectivity index (χ1v) is 7.87. The molecule has 0 aromatic heterocycles. The normalized spacial score (nSPS) is 14.8. The number of rotatable bonds is 2. The van der Waals surface area contributed by atoms with Crippen molar-refractivity contribution < 1.29 is 9.72 Å². The average Bonchev–Trinajstić information content (AvgIpc) is 2.72. The van der Waals surface area contributed by atoms with Crippen molar-refractivity contribution in [1.29, 1.82) is 0 Å². The number of nitro benzene ring substituents is 1. The van der Waals surface area contributed by atoms with Gasteiger partial charge in [-0.05, 0) is 42.9 Å². The van der Waals surface area contributed by atoms with Crippen LogP contribution in [0.2, 0.25) is 5.02 Å². The topological polar surface area (TPSA) is 66.7 Å². The van der Waals surface area contributed by atoms with E-state index in [2.05, 4.69) is 4.90 Å². The Labute approximate surface area is 144 Å². The molecule has 0 spiro atoms. The largest absolute Gasteiger partial charge is 0.307 e. The lowest BCUT2D eigenvalue weighted by atomic mass is 10.1. The fourth-order valence-electron chi connectivity index (χ4n) is 2.80. The van der Waals surface area contributed by atoms with E-state index in [9.17, 15) is 14.9 Å². The fraction of sp³-hybridized carbons (Fsp3) is 0.235. The van der Waals surface area contributed by atoms with Crippen LogP contribution < -0.4 is 4.90 Å². The average molecular weight is 346 g/mol. The fourth-order valence-corrected chi connectivity index (χ4v) is 2.99. The van der Waals surface area contributed by atoms with Crippen LogP contribution in [0.25, 0.3) is 0 Å². The zero-order valence-corrected chi connectivity index (χ0v) is 13.9. The lowest BCUT2D eigenvalue weighted by Gasteiger charge is -2.23. The van der Waals surface area contributed by atoms with E-state index in [0.717, 1.165) is 17.8 Å². The third kappa shape index (κ3) is 3.25. The van der Waals surface area contributed by atoms with Crippen LogP contribution in [0.3, 0.4) is 0 Å². The summed E-state index contributed by atoms with van der Waals surface area (Å²) in [6.45, 7) is 1.98. The molecule has 2 aromatic carbocycles. The smallest absolute Gasteiger partial charge is 0.269 e. The Bertz CT molecular complexity index is 792. The zero-order chi connectivity index (χ0) is 17.3. The summed E-state index contributed by atoms with van der Waals surface area (Å²) in [4.78, 5) is 27.0. The van der Waals surface area contributed by atoms with Gasteiger partial charge in [0.25, 0.3) is 11.6 Å². The molecular formula is C17H16ClN3O3. The van der Waals surface area contributed by atoms with Gasteiger partial charge in [0.05, 0.1) is 4.92 Å². The van der Waals surface area contributed by atoms with Gasteiger partial charge < -0.3 is 9.80 Å². The van der Waals surface area contributed by atoms with Crippen molar-refractivity contribution >= 4 is 28.9 Å². The Hall–Kier alpha value is -2.44. The summed E-state index contributed by atoms with van der Waals surface area (Å²) >= 11 is 6.08. The van der Waals surface area contributed by atoms with Gasteiger partial charge in [-0.25, -0.2) is 0 Å². The van der Waals surface area contributed by atoms with E-state index in [1.807, 2.05) is 19.2 Å². The molecule has 0 bridgehead atoms. The highest BCUT2D eigenvalue weighted by atomic mass is 35.5. The van der Waals surface area contributed by atoms with Gasteiger partial charge in [0.1, 0.15) is 0 Å². The van der Waals surface area contributed by atoms with E-state index >= 15 is 0 Å². The summed E-state index contributed by atoms with van der Waals surface area (Å²) in [5.74, 6) is -0.177. The van der Waals surface area contributed by atoms with Crippen molar-refractivity contribution in [2.45, 2.75) is 6.54 Å². The Morgan fingerprint density at radius 2 is 1.88 bits per heavy atom. The number of anilines is 1. The molecular weight excluding hydrogens is 330 g/mol. The summed E-state index contributed by atoms with van der Waals surface area (Å²) in [7, 11) is 1.99. The minimum Gasteiger partial charge on any atom is -0.307 e. The van der Waals surface area contributed by atoms with Crippen LogP contribution in [0.4, 0.5) is 11.4 Å². The van der Waals surface area contributed by atoms with Crippen LogP contribution >= 0.6 is 11.6 Å². The van der Waals surface area contributed by atoms with Gasteiger partial charge >= 0.3 is 0 Å². The van der Waals surface area contributed by atoms with Gasteiger partial charge in [0.15, 0.2) is 0 Å². The van der Waals surface area contributed by atoms with Crippen LogP contribution in [0, 0.1) is 10.1 Å². The van der Waals surface area contributed by atoms with Crippen LogP contribution in [-0.4, -0.2) is 35.9 Å². The Balaban J connectivity index is 1.96. The van der Waals surface area contributed by atoms with Crippen molar-refractivity contribution in [1.82, 2.24) is 4.90 Å². The maximum Gasteiger partial charge on any atom is 0.269 e. The van der Waals surface area contributed by atoms with E-state index < -0.39 is 4.92 Å². The molecule has 0 unspecified atom stereocenters. The van der Waals surface area contributed by atoms with Gasteiger partial charge in [-0.2, -0.15) is 0 Å². The minimum absolute atomic E-state index is 0.0330. The van der Waals surface area contributed by atoms with Crippen molar-refractivity contribution in [3.63, 3.8) is 0 Å². The molecule has 3 rings (SSSR count). The number of carbonyl (C=O) groups excluding carboxylic acids is 1. The Morgan fingerprint density at radius 1 is 1.17 bits per heavy atom. The number of amides is 1. The summed E-state index contributed by atoms with van der Waals surface area (Å²) in [5, 5.41) is 11.4. The molecule has 0 radical (unpaired) electrons. The molecule has 1 aliphatic heterocycles. The number of carbonyl (C=O) groups is 1. The highest BCUT2D eigenvalue weighted by Crippen LogP contribution is 2.29. The maximum atomic E-state index is 12.9. The number of halogens is 1. The minimum atomic E-state index is -0.480. The lowest BCUT2D eigenvalue weighted by molar-refractivity contribution is -0.384. The molecule has 1 amide bonds. The van der Waals surface area contributed by atoms with Crippen molar-refractivity contribution in [2.24, 2.45) is 0 Å². The third-order valence-corrected chi connectivity index (χ3v) is 4.28. The molecule has 0 saturated heterocycles. The number of benzene rings is 2. The van der Waals surface area contributed by atoms with Crippen molar-refractivity contribution in [3.8, 4) is 0 Å². The third-order valence-electron chi connectivity index (χ3n) is 4.05. The van der Waals surface area contributed by atoms with Crippen LogP contribution in [0.1, 0.15) is 15.9 Å². The Morgan fingerprint density at radius 3 is 2.54 bits per heavy atom. The molecule has 7 heteroatoms. The number of likely N-dealkylation sites (N-methyl/N-ethyl adjacent to an activating group) is 1. The molecule has 0 N–H and O–H groups in total. The first kappa shape index (κ1) is 16.4. The first-order valence-electron chi connectivity index (χ1n) is 7.49.